The summed E-state index contributed by atoms with van der Waals surface area (Å²) in [5.41, 5.74) is 2.54. The van der Waals surface area contributed by atoms with Crippen LogP contribution < -0.4 is 10.6 Å². The van der Waals surface area contributed by atoms with Crippen LogP contribution in [0.4, 0.5) is 16.3 Å². The maximum absolute atomic E-state index is 12.4. The molecule has 1 heterocycles. The van der Waals surface area contributed by atoms with Crippen LogP contribution in [0.15, 0.2) is 60.7 Å². The number of carbonyl (C=O) groups is 1. The summed E-state index contributed by atoms with van der Waals surface area (Å²) in [6.07, 6.45) is 3.47. The first kappa shape index (κ1) is 16.7. The molecule has 132 valence electrons. The predicted molar refractivity (Wildman–Crippen MR) is 104 cm³/mol. The highest BCUT2D eigenvalue weighted by molar-refractivity contribution is 6.30. The first-order valence-electron chi connectivity index (χ1n) is 8.65. The topological polar surface area (TPSA) is 59.0 Å². The minimum atomic E-state index is -0.331. The molecule has 1 saturated carbocycles. The van der Waals surface area contributed by atoms with Crippen LogP contribution in [0.5, 0.6) is 0 Å². The zero-order valence-corrected chi connectivity index (χ0v) is 14.9. The van der Waals surface area contributed by atoms with Crippen molar-refractivity contribution in [1.29, 1.82) is 0 Å². The maximum atomic E-state index is 12.4. The molecule has 3 aromatic rings. The van der Waals surface area contributed by atoms with Gasteiger partial charge in [0.25, 0.3) is 0 Å². The Hall–Kier alpha value is -2.79. The number of hydrogen-bond acceptors (Lipinski definition) is 2. The molecule has 0 bridgehead atoms. The number of urea groups is 1. The van der Waals surface area contributed by atoms with Gasteiger partial charge < -0.3 is 5.32 Å². The minimum Gasteiger partial charge on any atom is -0.308 e. The Balaban J connectivity index is 1.55. The maximum Gasteiger partial charge on any atom is 0.324 e. The molecule has 5 nitrogen and oxygen atoms in total. The lowest BCUT2D eigenvalue weighted by Gasteiger charge is -2.10. The number of amides is 2. The summed E-state index contributed by atoms with van der Waals surface area (Å²) in [6.45, 7) is 0. The Kier molecular flexibility index (Phi) is 4.63. The highest BCUT2D eigenvalue weighted by Crippen LogP contribution is 2.33. The van der Waals surface area contributed by atoms with Crippen molar-refractivity contribution in [3.8, 4) is 5.69 Å². The Morgan fingerprint density at radius 2 is 1.88 bits per heavy atom. The summed E-state index contributed by atoms with van der Waals surface area (Å²) in [5, 5.41) is 11.0. The second-order valence-corrected chi connectivity index (χ2v) is 6.94. The van der Waals surface area contributed by atoms with E-state index in [2.05, 4.69) is 15.7 Å². The summed E-state index contributed by atoms with van der Waals surface area (Å²) in [5.74, 6) is 1.37. The summed E-state index contributed by atoms with van der Waals surface area (Å²) >= 11 is 5.97. The third-order valence-corrected chi connectivity index (χ3v) is 4.51. The number of rotatable bonds is 5. The number of benzene rings is 2. The summed E-state index contributed by atoms with van der Waals surface area (Å²) in [7, 11) is 0. The number of nitrogens with zero attached hydrogens (tertiary/aromatic N) is 2. The molecule has 1 aliphatic carbocycles. The molecule has 1 aliphatic rings. The van der Waals surface area contributed by atoms with Crippen LogP contribution in [0.3, 0.4) is 0 Å². The fourth-order valence-corrected chi connectivity index (χ4v) is 3.04. The zero-order chi connectivity index (χ0) is 17.9. The van der Waals surface area contributed by atoms with Gasteiger partial charge in [0, 0.05) is 16.8 Å². The van der Waals surface area contributed by atoms with Crippen LogP contribution in [0.1, 0.15) is 18.5 Å². The number of halogens is 1. The number of hydrogen-bond donors (Lipinski definition) is 2. The van der Waals surface area contributed by atoms with Gasteiger partial charge in [-0.15, -0.1) is 0 Å². The quantitative estimate of drug-likeness (QED) is 0.658. The second-order valence-electron chi connectivity index (χ2n) is 6.51. The molecule has 0 radical (unpaired) electrons. The van der Waals surface area contributed by atoms with E-state index in [4.69, 9.17) is 11.6 Å². The molecular formula is C20H19ClN4O. The fraction of sp³-hybridized carbons (Fsp3) is 0.200. The van der Waals surface area contributed by atoms with Crippen molar-refractivity contribution in [2.45, 2.75) is 19.3 Å². The monoisotopic (exact) mass is 366 g/mol. The molecule has 0 saturated heterocycles. The van der Waals surface area contributed by atoms with E-state index >= 15 is 0 Å². The lowest BCUT2D eigenvalue weighted by Crippen LogP contribution is -2.21. The molecule has 0 aliphatic heterocycles. The van der Waals surface area contributed by atoms with E-state index in [9.17, 15) is 4.79 Å². The first-order chi connectivity index (χ1) is 12.7. The molecule has 2 N–H and O–H groups in total. The lowest BCUT2D eigenvalue weighted by molar-refractivity contribution is 0.262. The van der Waals surface area contributed by atoms with E-state index < -0.39 is 0 Å². The Labute approximate surface area is 157 Å². The van der Waals surface area contributed by atoms with Crippen LogP contribution >= 0.6 is 11.6 Å². The molecule has 0 unspecified atom stereocenters. The molecule has 6 heteroatoms. The second kappa shape index (κ2) is 7.22. The van der Waals surface area contributed by atoms with Crippen LogP contribution in [0.2, 0.25) is 5.02 Å². The van der Waals surface area contributed by atoms with Gasteiger partial charge in [-0.2, -0.15) is 5.10 Å². The number of para-hydroxylation sites is 1. The highest BCUT2D eigenvalue weighted by atomic mass is 35.5. The lowest BCUT2D eigenvalue weighted by atomic mass is 10.2. The van der Waals surface area contributed by atoms with Crippen LogP contribution in [-0.4, -0.2) is 15.8 Å². The molecule has 1 aromatic heterocycles. The average Bonchev–Trinajstić information content (AvgIpc) is 3.35. The fourth-order valence-electron chi connectivity index (χ4n) is 2.85. The van der Waals surface area contributed by atoms with Crippen LogP contribution in [-0.2, 0) is 6.42 Å². The van der Waals surface area contributed by atoms with E-state index in [-0.39, 0.29) is 6.03 Å². The minimum absolute atomic E-state index is 0.331. The smallest absolute Gasteiger partial charge is 0.308 e. The molecule has 2 aromatic carbocycles. The zero-order valence-electron chi connectivity index (χ0n) is 14.2. The van der Waals surface area contributed by atoms with Crippen molar-refractivity contribution in [1.82, 2.24) is 9.78 Å². The standard InChI is InChI=1S/C20H19ClN4O/c21-15-5-4-6-16(12-15)22-20(26)23-19-13-17(11-14-9-10-14)24-25(19)18-7-2-1-3-8-18/h1-8,12-14H,9-11H2,(H2,22,23,26). The van der Waals surface area contributed by atoms with Gasteiger partial charge in [0.15, 0.2) is 0 Å². The summed E-state index contributed by atoms with van der Waals surface area (Å²) < 4.78 is 1.77. The van der Waals surface area contributed by atoms with Gasteiger partial charge in [-0.3, -0.25) is 5.32 Å². The molecule has 1 fully saturated rings. The molecule has 26 heavy (non-hydrogen) atoms. The Bertz CT molecular complexity index is 919. The molecule has 4 rings (SSSR count). The molecule has 0 spiro atoms. The van der Waals surface area contributed by atoms with Crippen molar-refractivity contribution in [2.24, 2.45) is 5.92 Å². The Morgan fingerprint density at radius 3 is 2.62 bits per heavy atom. The number of anilines is 2. The van der Waals surface area contributed by atoms with Crippen molar-refractivity contribution in [3.63, 3.8) is 0 Å². The third-order valence-electron chi connectivity index (χ3n) is 4.28. The SMILES string of the molecule is O=C(Nc1cccc(Cl)c1)Nc1cc(CC2CC2)nn1-c1ccccc1. The average molecular weight is 367 g/mol. The molecular weight excluding hydrogens is 348 g/mol. The highest BCUT2D eigenvalue weighted by Gasteiger charge is 2.24. The molecule has 2 amide bonds. The van der Waals surface area contributed by atoms with Gasteiger partial charge in [-0.05, 0) is 55.5 Å². The van der Waals surface area contributed by atoms with E-state index in [1.54, 1.807) is 28.9 Å². The number of aromatic nitrogens is 2. The van der Waals surface area contributed by atoms with E-state index in [0.29, 0.717) is 16.5 Å². The van der Waals surface area contributed by atoms with Gasteiger partial charge >= 0.3 is 6.03 Å². The van der Waals surface area contributed by atoms with Crippen molar-refractivity contribution >= 4 is 29.1 Å². The van der Waals surface area contributed by atoms with Gasteiger partial charge in [0.1, 0.15) is 5.82 Å². The van der Waals surface area contributed by atoms with E-state index in [0.717, 1.165) is 23.7 Å². The Morgan fingerprint density at radius 1 is 1.08 bits per heavy atom. The number of carbonyl (C=O) groups excluding carboxylic acids is 1. The van der Waals surface area contributed by atoms with E-state index in [1.165, 1.54) is 12.8 Å². The normalized spacial score (nSPS) is 13.4. The number of nitrogens with one attached hydrogen (secondary N) is 2. The predicted octanol–water partition coefficient (Wildman–Crippen LogP) is 5.12. The van der Waals surface area contributed by atoms with Crippen molar-refractivity contribution in [2.75, 3.05) is 10.6 Å². The van der Waals surface area contributed by atoms with Crippen molar-refractivity contribution in [3.05, 3.63) is 71.4 Å². The molecule has 0 atom stereocenters. The van der Waals surface area contributed by atoms with Gasteiger partial charge in [0.05, 0.1) is 11.4 Å². The summed E-state index contributed by atoms with van der Waals surface area (Å²) in [6, 6.07) is 18.5. The third kappa shape index (κ3) is 4.06. The van der Waals surface area contributed by atoms with Gasteiger partial charge in [-0.1, -0.05) is 35.9 Å². The van der Waals surface area contributed by atoms with Crippen LogP contribution in [0, 0.1) is 5.92 Å². The van der Waals surface area contributed by atoms with Gasteiger partial charge in [-0.25, -0.2) is 9.48 Å². The van der Waals surface area contributed by atoms with Crippen molar-refractivity contribution < 1.29 is 4.79 Å². The van der Waals surface area contributed by atoms with E-state index in [1.807, 2.05) is 36.4 Å². The summed E-state index contributed by atoms with van der Waals surface area (Å²) in [4.78, 5) is 12.4. The largest absolute Gasteiger partial charge is 0.324 e. The van der Waals surface area contributed by atoms with Gasteiger partial charge in [0.2, 0.25) is 0 Å². The first-order valence-corrected chi connectivity index (χ1v) is 9.03. The van der Waals surface area contributed by atoms with Crippen LogP contribution in [0.25, 0.3) is 5.69 Å².